The average molecular weight is 212 g/mol. The summed E-state index contributed by atoms with van der Waals surface area (Å²) in [5.41, 5.74) is 5.26. The van der Waals surface area contributed by atoms with Crippen LogP contribution in [0.15, 0.2) is 12.2 Å². The molecule has 1 aliphatic carbocycles. The summed E-state index contributed by atoms with van der Waals surface area (Å²) in [6.45, 7) is 0.761. The van der Waals surface area contributed by atoms with Crippen LogP contribution < -0.4 is 11.1 Å². The van der Waals surface area contributed by atoms with Crippen LogP contribution in [0, 0.1) is 11.8 Å². The fourth-order valence-corrected chi connectivity index (χ4v) is 1.70. The first kappa shape index (κ1) is 11.7. The summed E-state index contributed by atoms with van der Waals surface area (Å²) >= 11 is 0. The van der Waals surface area contributed by atoms with Crippen molar-refractivity contribution >= 4 is 11.9 Å². The van der Waals surface area contributed by atoms with Crippen molar-refractivity contribution in [3.63, 3.8) is 0 Å². The molecular weight excluding hydrogens is 196 g/mol. The maximum Gasteiger partial charge on any atom is 0.307 e. The van der Waals surface area contributed by atoms with Crippen LogP contribution >= 0.6 is 0 Å². The lowest BCUT2D eigenvalue weighted by Crippen LogP contribution is -2.40. The maximum absolute atomic E-state index is 11.6. The fourth-order valence-electron chi connectivity index (χ4n) is 1.70. The van der Waals surface area contributed by atoms with Crippen LogP contribution in [0.5, 0.6) is 0 Å². The summed E-state index contributed by atoms with van der Waals surface area (Å²) in [6, 6.07) is 0. The number of nitrogens with two attached hydrogens (primary N) is 1. The number of aliphatic carboxylic acids is 1. The number of carboxylic acid groups (broad SMARTS) is 1. The van der Waals surface area contributed by atoms with E-state index in [9.17, 15) is 9.59 Å². The minimum atomic E-state index is -0.910. The third-order valence-electron chi connectivity index (χ3n) is 2.53. The number of allylic oxidation sites excluding steroid dienone is 2. The van der Waals surface area contributed by atoms with Gasteiger partial charge < -0.3 is 16.2 Å². The van der Waals surface area contributed by atoms with E-state index in [0.717, 1.165) is 0 Å². The highest BCUT2D eigenvalue weighted by Crippen LogP contribution is 2.25. The van der Waals surface area contributed by atoms with E-state index >= 15 is 0 Å². The van der Waals surface area contributed by atoms with E-state index in [2.05, 4.69) is 5.32 Å². The molecule has 2 atom stereocenters. The summed E-state index contributed by atoms with van der Waals surface area (Å²) in [5, 5.41) is 11.6. The zero-order valence-electron chi connectivity index (χ0n) is 8.48. The van der Waals surface area contributed by atoms with Gasteiger partial charge in [0.15, 0.2) is 0 Å². The molecule has 0 fully saturated rings. The van der Waals surface area contributed by atoms with Gasteiger partial charge in [-0.1, -0.05) is 12.2 Å². The molecule has 15 heavy (non-hydrogen) atoms. The second-order valence-electron chi connectivity index (χ2n) is 3.57. The number of amides is 1. The van der Waals surface area contributed by atoms with Gasteiger partial charge >= 0.3 is 5.97 Å². The van der Waals surface area contributed by atoms with Crippen molar-refractivity contribution in [3.05, 3.63) is 12.2 Å². The highest BCUT2D eigenvalue weighted by atomic mass is 16.4. The molecule has 4 N–H and O–H groups in total. The van der Waals surface area contributed by atoms with Crippen LogP contribution in [-0.2, 0) is 9.59 Å². The Balaban J connectivity index is 2.60. The number of nitrogens with one attached hydrogen (secondary N) is 1. The quantitative estimate of drug-likeness (QED) is 0.559. The standard InChI is InChI=1S/C10H16N2O3/c11-5-6-12-9(13)7-3-1-2-4-8(7)10(14)15/h1-2,7-8H,3-6,11H2,(H,12,13)(H,14,15). The molecular formula is C10H16N2O3. The van der Waals surface area contributed by atoms with Gasteiger partial charge in [0.2, 0.25) is 5.91 Å². The first-order valence-corrected chi connectivity index (χ1v) is 5.02. The van der Waals surface area contributed by atoms with Crippen LogP contribution in [-0.4, -0.2) is 30.1 Å². The molecule has 1 rings (SSSR count). The highest BCUT2D eigenvalue weighted by molar-refractivity contribution is 5.85. The molecule has 0 heterocycles. The molecule has 0 saturated heterocycles. The summed E-state index contributed by atoms with van der Waals surface area (Å²) in [7, 11) is 0. The van der Waals surface area contributed by atoms with Crippen LogP contribution in [0.3, 0.4) is 0 Å². The smallest absolute Gasteiger partial charge is 0.307 e. The van der Waals surface area contributed by atoms with Gasteiger partial charge in [0.25, 0.3) is 0 Å². The Kier molecular flexibility index (Phi) is 4.30. The van der Waals surface area contributed by atoms with Gasteiger partial charge in [-0.25, -0.2) is 0 Å². The molecule has 0 aliphatic heterocycles. The lowest BCUT2D eigenvalue weighted by molar-refractivity contribution is -0.147. The second-order valence-corrected chi connectivity index (χ2v) is 3.57. The Labute approximate surface area is 88.3 Å². The summed E-state index contributed by atoms with van der Waals surface area (Å²) in [6.07, 6.45) is 4.58. The minimum Gasteiger partial charge on any atom is -0.481 e. The third-order valence-corrected chi connectivity index (χ3v) is 2.53. The number of rotatable bonds is 4. The monoisotopic (exact) mass is 212 g/mol. The number of carboxylic acids is 1. The van der Waals surface area contributed by atoms with E-state index in [4.69, 9.17) is 10.8 Å². The molecule has 0 radical (unpaired) electrons. The Bertz CT molecular complexity index is 276. The highest BCUT2D eigenvalue weighted by Gasteiger charge is 2.33. The molecule has 0 aromatic rings. The zero-order chi connectivity index (χ0) is 11.3. The molecule has 0 aromatic heterocycles. The van der Waals surface area contributed by atoms with Gasteiger partial charge in [0.1, 0.15) is 0 Å². The summed E-state index contributed by atoms with van der Waals surface area (Å²) in [5.74, 6) is -2.18. The summed E-state index contributed by atoms with van der Waals surface area (Å²) in [4.78, 5) is 22.5. The van der Waals surface area contributed by atoms with Gasteiger partial charge in [-0.15, -0.1) is 0 Å². The van der Waals surface area contributed by atoms with Crippen molar-refractivity contribution in [2.24, 2.45) is 17.6 Å². The van der Waals surface area contributed by atoms with E-state index in [1.165, 1.54) is 0 Å². The largest absolute Gasteiger partial charge is 0.481 e. The van der Waals surface area contributed by atoms with Crippen molar-refractivity contribution in [2.45, 2.75) is 12.8 Å². The van der Waals surface area contributed by atoms with Gasteiger partial charge in [0.05, 0.1) is 11.8 Å². The van der Waals surface area contributed by atoms with Crippen molar-refractivity contribution in [3.8, 4) is 0 Å². The molecule has 2 unspecified atom stereocenters. The molecule has 0 bridgehead atoms. The van der Waals surface area contributed by atoms with Crippen LogP contribution in [0.1, 0.15) is 12.8 Å². The van der Waals surface area contributed by atoms with Gasteiger partial charge in [-0.05, 0) is 12.8 Å². The Morgan fingerprint density at radius 1 is 1.33 bits per heavy atom. The van der Waals surface area contributed by atoms with Gasteiger partial charge in [-0.3, -0.25) is 9.59 Å². The van der Waals surface area contributed by atoms with Crippen molar-refractivity contribution in [1.82, 2.24) is 5.32 Å². The van der Waals surface area contributed by atoms with E-state index < -0.39 is 17.8 Å². The predicted molar refractivity (Wildman–Crippen MR) is 55.1 cm³/mol. The molecule has 5 heteroatoms. The Hall–Kier alpha value is -1.36. The topological polar surface area (TPSA) is 92.4 Å². The molecule has 5 nitrogen and oxygen atoms in total. The molecule has 0 aromatic carbocycles. The van der Waals surface area contributed by atoms with E-state index in [1.54, 1.807) is 0 Å². The summed E-state index contributed by atoms with van der Waals surface area (Å²) < 4.78 is 0. The predicted octanol–water partition coefficient (Wildman–Crippen LogP) is -0.272. The molecule has 0 spiro atoms. The van der Waals surface area contributed by atoms with Crippen molar-refractivity contribution in [1.29, 1.82) is 0 Å². The minimum absolute atomic E-state index is 0.211. The van der Waals surface area contributed by atoms with Crippen molar-refractivity contribution < 1.29 is 14.7 Å². The fraction of sp³-hybridized carbons (Fsp3) is 0.600. The first-order chi connectivity index (χ1) is 7.16. The van der Waals surface area contributed by atoms with E-state index in [0.29, 0.717) is 25.9 Å². The zero-order valence-corrected chi connectivity index (χ0v) is 8.48. The molecule has 1 aliphatic rings. The number of carbonyl (C=O) groups excluding carboxylic acids is 1. The van der Waals surface area contributed by atoms with Gasteiger partial charge in [0, 0.05) is 13.1 Å². The maximum atomic E-state index is 11.6. The number of hydrogen-bond donors (Lipinski definition) is 3. The molecule has 84 valence electrons. The van der Waals surface area contributed by atoms with E-state index in [-0.39, 0.29) is 5.91 Å². The SMILES string of the molecule is NCCNC(=O)C1CC=CCC1C(=O)O. The van der Waals surface area contributed by atoms with Crippen LogP contribution in [0.2, 0.25) is 0 Å². The van der Waals surface area contributed by atoms with E-state index in [1.807, 2.05) is 12.2 Å². The molecule has 1 amide bonds. The average Bonchev–Trinajstić information content (AvgIpc) is 2.25. The lowest BCUT2D eigenvalue weighted by Gasteiger charge is -2.24. The normalized spacial score (nSPS) is 24.9. The number of hydrogen-bond acceptors (Lipinski definition) is 3. The van der Waals surface area contributed by atoms with Crippen molar-refractivity contribution in [2.75, 3.05) is 13.1 Å². The number of carbonyl (C=O) groups is 2. The second kappa shape index (κ2) is 5.50. The van der Waals surface area contributed by atoms with Crippen LogP contribution in [0.4, 0.5) is 0 Å². The molecule has 0 saturated carbocycles. The Morgan fingerprint density at radius 2 is 1.93 bits per heavy atom. The Morgan fingerprint density at radius 3 is 2.47 bits per heavy atom. The van der Waals surface area contributed by atoms with Crippen LogP contribution in [0.25, 0.3) is 0 Å². The van der Waals surface area contributed by atoms with Gasteiger partial charge in [-0.2, -0.15) is 0 Å². The third kappa shape index (κ3) is 3.06. The lowest BCUT2D eigenvalue weighted by atomic mass is 9.82. The first-order valence-electron chi connectivity index (χ1n) is 5.02.